The second-order valence-electron chi connectivity index (χ2n) is 6.98. The standard InChI is InChI=1S/C21H20F2N4O/c22-17-3-4-19(23)18(12-17)21(28)27-10-1-2-16(14-27)20-25-9-11-26(20)13-15-5-7-24-8-6-15/h3-9,11-12,16H,1-2,10,13-14H2. The van der Waals surface area contributed by atoms with Crippen molar-refractivity contribution in [1.29, 1.82) is 0 Å². The van der Waals surface area contributed by atoms with E-state index in [1.807, 2.05) is 18.3 Å². The Kier molecular flexibility index (Phi) is 5.14. The molecule has 1 aliphatic rings. The number of carbonyl (C=O) groups excluding carboxylic acids is 1. The summed E-state index contributed by atoms with van der Waals surface area (Å²) >= 11 is 0. The van der Waals surface area contributed by atoms with Gasteiger partial charge in [-0.1, -0.05) is 0 Å². The third-order valence-corrected chi connectivity index (χ3v) is 5.08. The number of rotatable bonds is 4. The summed E-state index contributed by atoms with van der Waals surface area (Å²) in [6, 6.07) is 6.87. The van der Waals surface area contributed by atoms with Gasteiger partial charge < -0.3 is 9.47 Å². The van der Waals surface area contributed by atoms with E-state index in [9.17, 15) is 13.6 Å². The quantitative estimate of drug-likeness (QED) is 0.693. The zero-order chi connectivity index (χ0) is 19.5. The maximum atomic E-state index is 14.0. The van der Waals surface area contributed by atoms with Crippen LogP contribution in [0.3, 0.4) is 0 Å². The molecule has 4 rings (SSSR count). The summed E-state index contributed by atoms with van der Waals surface area (Å²) in [6.45, 7) is 1.62. The molecule has 1 atom stereocenters. The van der Waals surface area contributed by atoms with E-state index in [2.05, 4.69) is 14.5 Å². The van der Waals surface area contributed by atoms with Gasteiger partial charge >= 0.3 is 0 Å². The van der Waals surface area contributed by atoms with Crippen LogP contribution in [0.1, 0.15) is 40.5 Å². The molecule has 144 valence electrons. The van der Waals surface area contributed by atoms with E-state index in [1.54, 1.807) is 23.5 Å². The SMILES string of the molecule is O=C(c1cc(F)ccc1F)N1CCCC(c2nccn2Cc2ccncc2)C1. The molecule has 3 heterocycles. The normalized spacial score (nSPS) is 16.9. The van der Waals surface area contributed by atoms with Crippen LogP contribution in [0.2, 0.25) is 0 Å². The number of hydrogen-bond donors (Lipinski definition) is 0. The second kappa shape index (κ2) is 7.88. The van der Waals surface area contributed by atoms with Crippen molar-refractivity contribution in [1.82, 2.24) is 19.4 Å². The molecule has 1 amide bonds. The van der Waals surface area contributed by atoms with Gasteiger partial charge in [0.15, 0.2) is 0 Å². The molecule has 1 aromatic carbocycles. The lowest BCUT2D eigenvalue weighted by atomic mass is 9.96. The van der Waals surface area contributed by atoms with Crippen LogP contribution in [-0.2, 0) is 6.54 Å². The van der Waals surface area contributed by atoms with Gasteiger partial charge in [0, 0.05) is 50.3 Å². The minimum atomic E-state index is -0.701. The molecule has 1 saturated heterocycles. The molecule has 7 heteroatoms. The van der Waals surface area contributed by atoms with Gasteiger partial charge in [-0.2, -0.15) is 0 Å². The molecule has 0 saturated carbocycles. The smallest absolute Gasteiger partial charge is 0.256 e. The average Bonchev–Trinajstić information content (AvgIpc) is 3.18. The highest BCUT2D eigenvalue weighted by molar-refractivity contribution is 5.94. The number of pyridine rings is 1. The maximum Gasteiger partial charge on any atom is 0.256 e. The summed E-state index contributed by atoms with van der Waals surface area (Å²) in [5.41, 5.74) is 0.889. The van der Waals surface area contributed by atoms with Crippen molar-refractivity contribution < 1.29 is 13.6 Å². The molecular formula is C21H20F2N4O. The number of aromatic nitrogens is 3. The monoisotopic (exact) mass is 382 g/mol. The minimum absolute atomic E-state index is 0.0474. The fourth-order valence-electron chi connectivity index (χ4n) is 3.70. The minimum Gasteiger partial charge on any atom is -0.338 e. The summed E-state index contributed by atoms with van der Waals surface area (Å²) in [5, 5.41) is 0. The van der Waals surface area contributed by atoms with Crippen molar-refractivity contribution in [2.45, 2.75) is 25.3 Å². The highest BCUT2D eigenvalue weighted by Gasteiger charge is 2.29. The summed E-state index contributed by atoms with van der Waals surface area (Å²) in [6.07, 6.45) is 8.85. The molecular weight excluding hydrogens is 362 g/mol. The van der Waals surface area contributed by atoms with Gasteiger partial charge in [-0.25, -0.2) is 13.8 Å². The number of hydrogen-bond acceptors (Lipinski definition) is 3. The lowest BCUT2D eigenvalue weighted by molar-refractivity contribution is 0.0698. The van der Waals surface area contributed by atoms with E-state index in [1.165, 1.54) is 0 Å². The van der Waals surface area contributed by atoms with Gasteiger partial charge in [0.05, 0.1) is 5.56 Å². The van der Waals surface area contributed by atoms with Crippen molar-refractivity contribution >= 4 is 5.91 Å². The van der Waals surface area contributed by atoms with Crippen LogP contribution in [-0.4, -0.2) is 38.4 Å². The van der Waals surface area contributed by atoms with Crippen LogP contribution in [0.5, 0.6) is 0 Å². The maximum absolute atomic E-state index is 14.0. The Morgan fingerprint density at radius 3 is 2.79 bits per heavy atom. The topological polar surface area (TPSA) is 51.0 Å². The first kappa shape index (κ1) is 18.3. The van der Waals surface area contributed by atoms with E-state index in [0.717, 1.165) is 42.4 Å². The van der Waals surface area contributed by atoms with Crippen molar-refractivity contribution in [2.75, 3.05) is 13.1 Å². The number of imidazole rings is 1. The molecule has 0 spiro atoms. The summed E-state index contributed by atoms with van der Waals surface area (Å²) in [7, 11) is 0. The average molecular weight is 382 g/mol. The Bertz CT molecular complexity index is 974. The molecule has 5 nitrogen and oxygen atoms in total. The third-order valence-electron chi connectivity index (χ3n) is 5.08. The Morgan fingerprint density at radius 2 is 1.96 bits per heavy atom. The highest BCUT2D eigenvalue weighted by Crippen LogP contribution is 2.27. The Labute approximate surface area is 161 Å². The molecule has 1 fully saturated rings. The van der Waals surface area contributed by atoms with Gasteiger partial charge in [0.2, 0.25) is 0 Å². The fraction of sp³-hybridized carbons (Fsp3) is 0.286. The molecule has 1 aliphatic heterocycles. The third kappa shape index (κ3) is 3.78. The molecule has 0 aliphatic carbocycles. The molecule has 0 radical (unpaired) electrons. The number of piperidine rings is 1. The summed E-state index contributed by atoms with van der Waals surface area (Å²) in [5.74, 6) is -0.854. The molecule has 1 unspecified atom stereocenters. The highest BCUT2D eigenvalue weighted by atomic mass is 19.1. The first-order chi connectivity index (χ1) is 13.6. The second-order valence-corrected chi connectivity index (χ2v) is 6.98. The molecule has 3 aromatic rings. The Morgan fingerprint density at radius 1 is 1.14 bits per heavy atom. The van der Waals surface area contributed by atoms with Crippen LogP contribution in [0.15, 0.2) is 55.1 Å². The first-order valence-corrected chi connectivity index (χ1v) is 9.26. The molecule has 0 bridgehead atoms. The number of amides is 1. The van der Waals surface area contributed by atoms with Gasteiger partial charge in [-0.05, 0) is 48.7 Å². The van der Waals surface area contributed by atoms with Crippen LogP contribution in [0.25, 0.3) is 0 Å². The number of carbonyl (C=O) groups is 1. The first-order valence-electron chi connectivity index (χ1n) is 9.26. The van der Waals surface area contributed by atoms with Crippen molar-refractivity contribution in [2.24, 2.45) is 0 Å². The van der Waals surface area contributed by atoms with Crippen molar-refractivity contribution in [3.8, 4) is 0 Å². The molecule has 28 heavy (non-hydrogen) atoms. The Balaban J connectivity index is 1.53. The fourth-order valence-corrected chi connectivity index (χ4v) is 3.70. The van der Waals surface area contributed by atoms with Crippen molar-refractivity contribution in [3.63, 3.8) is 0 Å². The lowest BCUT2D eigenvalue weighted by Crippen LogP contribution is -2.40. The number of halogens is 2. The number of likely N-dealkylation sites (tertiary alicyclic amines) is 1. The lowest BCUT2D eigenvalue weighted by Gasteiger charge is -2.33. The van der Waals surface area contributed by atoms with Gasteiger partial charge in [-0.15, -0.1) is 0 Å². The summed E-state index contributed by atoms with van der Waals surface area (Å²) < 4.78 is 29.6. The van der Waals surface area contributed by atoms with Crippen LogP contribution >= 0.6 is 0 Å². The van der Waals surface area contributed by atoms with Crippen LogP contribution < -0.4 is 0 Å². The van der Waals surface area contributed by atoms with Gasteiger partial charge in [0.25, 0.3) is 5.91 Å². The van der Waals surface area contributed by atoms with E-state index >= 15 is 0 Å². The largest absolute Gasteiger partial charge is 0.338 e. The van der Waals surface area contributed by atoms with E-state index in [4.69, 9.17) is 0 Å². The van der Waals surface area contributed by atoms with E-state index in [-0.39, 0.29) is 11.5 Å². The molecule has 2 aromatic heterocycles. The van der Waals surface area contributed by atoms with Crippen molar-refractivity contribution in [3.05, 3.63) is 83.7 Å². The van der Waals surface area contributed by atoms with Crippen LogP contribution in [0, 0.1) is 11.6 Å². The van der Waals surface area contributed by atoms with E-state index < -0.39 is 17.5 Å². The van der Waals surface area contributed by atoms with Gasteiger partial charge in [-0.3, -0.25) is 9.78 Å². The van der Waals surface area contributed by atoms with E-state index in [0.29, 0.717) is 19.6 Å². The predicted molar refractivity (Wildman–Crippen MR) is 99.8 cm³/mol. The number of nitrogens with zero attached hydrogens (tertiary/aromatic N) is 4. The zero-order valence-electron chi connectivity index (χ0n) is 15.3. The predicted octanol–water partition coefficient (Wildman–Crippen LogP) is 3.62. The zero-order valence-corrected chi connectivity index (χ0v) is 15.3. The summed E-state index contributed by atoms with van der Waals surface area (Å²) in [4.78, 5) is 22.9. The van der Waals surface area contributed by atoms with Crippen LogP contribution in [0.4, 0.5) is 8.78 Å². The van der Waals surface area contributed by atoms with Gasteiger partial charge in [0.1, 0.15) is 17.5 Å². The Hall–Kier alpha value is -3.09. The molecule has 0 N–H and O–H groups in total. The number of benzene rings is 1.